The van der Waals surface area contributed by atoms with Crippen LogP contribution < -0.4 is 0 Å². The van der Waals surface area contributed by atoms with E-state index in [0.717, 1.165) is 41.4 Å². The van der Waals surface area contributed by atoms with E-state index >= 15 is 0 Å². The lowest BCUT2D eigenvalue weighted by atomic mass is 9.64. The quantitative estimate of drug-likeness (QED) is 0.227. The molecule has 94 heavy (non-hydrogen) atoms. The Morgan fingerprint density at radius 1 is 0.351 bits per heavy atom. The summed E-state index contributed by atoms with van der Waals surface area (Å²) < 4.78 is 72.3. The largest absolute Gasteiger partial charge is 0.393 e. The Hall–Kier alpha value is -0.210. The summed E-state index contributed by atoms with van der Waals surface area (Å²) in [7, 11) is 0. The average molecular weight is 1350 g/mol. The van der Waals surface area contributed by atoms with Gasteiger partial charge in [-0.2, -0.15) is 13.2 Å². The van der Waals surface area contributed by atoms with Crippen LogP contribution in [0.5, 0.6) is 0 Å². The maximum absolute atomic E-state index is 12.4. The van der Waals surface area contributed by atoms with E-state index in [9.17, 15) is 13.2 Å². The van der Waals surface area contributed by atoms with Crippen molar-refractivity contribution in [3.63, 3.8) is 0 Å². The van der Waals surface area contributed by atoms with Gasteiger partial charge >= 0.3 is 6.18 Å². The normalized spacial score (nSPS) is 16.4. The first-order valence-corrected chi connectivity index (χ1v) is 39.0. The van der Waals surface area contributed by atoms with Crippen LogP contribution in [-0.2, 0) is 0 Å². The summed E-state index contributed by atoms with van der Waals surface area (Å²) in [6.45, 7) is 108. The molecular weight excluding hydrogens is 1150 g/mol. The molecule has 0 atom stereocenters. The van der Waals surface area contributed by atoms with Crippen LogP contribution in [0.15, 0.2) is 0 Å². The first-order valence-electron chi connectivity index (χ1n) is 41.5. The molecule has 0 unspecified atom stereocenters. The Balaban J connectivity index is -0.000000130. The molecule has 0 aliphatic heterocycles. The second-order valence-corrected chi connectivity index (χ2v) is 45.4. The highest BCUT2D eigenvalue weighted by molar-refractivity contribution is 4.85. The van der Waals surface area contributed by atoms with Gasteiger partial charge < -0.3 is 0 Å². The van der Waals surface area contributed by atoms with Crippen molar-refractivity contribution >= 4 is 0 Å². The zero-order valence-electron chi connectivity index (χ0n) is 81.0. The van der Waals surface area contributed by atoms with Crippen molar-refractivity contribution in [1.82, 2.24) is 0 Å². The van der Waals surface area contributed by atoms with Gasteiger partial charge in [0, 0.05) is 6.85 Å². The molecule has 0 heterocycles. The molecule has 2 saturated carbocycles. The number of alkyl halides is 3. The smallest absolute Gasteiger partial charge is 0.171 e. The van der Waals surface area contributed by atoms with E-state index in [1.807, 2.05) is 41.5 Å². The van der Waals surface area contributed by atoms with E-state index in [0.29, 0.717) is 54.1 Å². The fourth-order valence-electron chi connectivity index (χ4n) is 11.4. The van der Waals surface area contributed by atoms with E-state index in [1.165, 1.54) is 110 Å². The maximum Gasteiger partial charge on any atom is 0.393 e. The van der Waals surface area contributed by atoms with Crippen molar-refractivity contribution in [1.29, 1.82) is 0 Å². The highest BCUT2D eigenvalue weighted by atomic mass is 19.4. The first-order chi connectivity index (χ1) is 42.4. The van der Waals surface area contributed by atoms with Gasteiger partial charge in [-0.25, -0.2) is 0 Å². The Kier molecular flexibility index (Phi) is 51.0. The van der Waals surface area contributed by atoms with E-state index in [2.05, 4.69) is 270 Å². The zero-order chi connectivity index (χ0) is 82.9. The third-order valence-corrected chi connectivity index (χ3v) is 18.1. The molecule has 0 spiro atoms. The second-order valence-electron chi connectivity index (χ2n) is 45.4. The average Bonchev–Trinajstić information content (AvgIpc) is 1.36. The molecule has 0 aromatic rings. The lowest BCUT2D eigenvalue weighted by Gasteiger charge is -2.42. The number of hydrogen-bond acceptors (Lipinski definition) is 0. The summed E-state index contributed by atoms with van der Waals surface area (Å²) >= 11 is 0. The standard InChI is InChI=1S/C15H32.C10H20.C9H17F3.C9H18.C9H20.2C8H18.C7H16.C6H14.2C5H12/c1-8-12(9-2)14(15(5,6)7)13(10-3)11-4;1-10(2,3)9-7-5-4-6-8-9;1-7(2,3)6-8(4,5)9(10,11)12;1-9(2,3)8-6-4-5-7-8;1-8(2,3)7-9(4,5)6;1-7(2)6-8(3,4)5;1-7(2,3)8(4,5)6;1-6(2)7(3,4)5;1-5-6(2,3)4;2*1-5(2,3)4/h12-14H,8-11H2,1-7H3;9H,4-8H2,1-3H3;6H2,1-5H3;8H,4-7H2,1-3H3;7H2,1-6H3;7H,6H2,1-5H3;1-6H3;6H,1-5H3;5H2,1-4H3;2*1-4H3/i;;;;;;;;5D2;1D3;. The van der Waals surface area contributed by atoms with Gasteiger partial charge in [0.25, 0.3) is 0 Å². The van der Waals surface area contributed by atoms with Crippen molar-refractivity contribution in [3.05, 3.63) is 0 Å². The Morgan fingerprint density at radius 2 is 0.574 bits per heavy atom. The summed E-state index contributed by atoms with van der Waals surface area (Å²) in [5.41, 5.74) is 2.33. The highest BCUT2D eigenvalue weighted by Gasteiger charge is 2.48. The summed E-state index contributed by atoms with van der Waals surface area (Å²) in [6, 6.07) is 0. The zero-order valence-corrected chi connectivity index (χ0v) is 76.0. The summed E-state index contributed by atoms with van der Waals surface area (Å²) in [6.07, 6.45) is 16.3. The van der Waals surface area contributed by atoms with Crippen LogP contribution in [0.2, 0.25) is 0 Å². The van der Waals surface area contributed by atoms with Crippen molar-refractivity contribution in [2.75, 3.05) is 0 Å². The Labute approximate surface area is 609 Å². The van der Waals surface area contributed by atoms with Crippen molar-refractivity contribution in [2.24, 2.45) is 117 Å². The van der Waals surface area contributed by atoms with Gasteiger partial charge in [0.1, 0.15) is 0 Å². The predicted octanol–water partition coefficient (Wildman–Crippen LogP) is 35.2. The van der Waals surface area contributed by atoms with Crippen molar-refractivity contribution in [3.8, 4) is 0 Å². The lowest BCUT2D eigenvalue weighted by Crippen LogP contribution is -2.35. The second kappa shape index (κ2) is 47.9. The van der Waals surface area contributed by atoms with Crippen molar-refractivity contribution in [2.45, 2.75) is 475 Å². The van der Waals surface area contributed by atoms with Crippen LogP contribution in [0, 0.1) is 117 Å². The number of rotatable bonds is 8. The molecule has 3 heteroatoms. The molecule has 0 N–H and O–H groups in total. The lowest BCUT2D eigenvalue weighted by molar-refractivity contribution is -0.220. The molecule has 0 amide bonds. The van der Waals surface area contributed by atoms with Crippen LogP contribution in [0.4, 0.5) is 13.2 Å². The van der Waals surface area contributed by atoms with Gasteiger partial charge in [0.2, 0.25) is 0 Å². The van der Waals surface area contributed by atoms with Gasteiger partial charge in [-0.15, -0.1) is 0 Å². The van der Waals surface area contributed by atoms with E-state index in [4.69, 9.17) is 6.85 Å². The minimum absolute atomic E-state index is 0.156. The SMILES string of the molecule is CC(C)(C)C.CC(C)(C)C(C)(C)C.CC(C)(C)C1CCCC1.CC(C)(C)C1CCCCC1.CC(C)(C)CC(C)(C)C.CC(C)(C)CC(C)(C)C(F)(F)F.CC(C)C(C)(C)C.CC(C)CC(C)(C)C.CCC(CC)C(C(CC)CC)C(C)(C)C.[2H]C([2H])(C)C(C)(C)C.[2H]C([2H])([2H])C(C)(C)C. The molecule has 2 fully saturated rings. The van der Waals surface area contributed by atoms with Crippen LogP contribution in [0.1, 0.15) is 476 Å². The molecule has 0 saturated heterocycles. The summed E-state index contributed by atoms with van der Waals surface area (Å²) in [5, 5.41) is 0. The van der Waals surface area contributed by atoms with Crippen LogP contribution in [-0.4, -0.2) is 6.18 Å². The molecule has 0 bridgehead atoms. The number of halogens is 3. The van der Waals surface area contributed by atoms with Crippen LogP contribution >= 0.6 is 0 Å². The molecule has 0 radical (unpaired) electrons. The fourth-order valence-corrected chi connectivity index (χ4v) is 11.4. The van der Waals surface area contributed by atoms with Crippen LogP contribution in [0.3, 0.4) is 0 Å². The van der Waals surface area contributed by atoms with Gasteiger partial charge in [-0.05, 0) is 157 Å². The Bertz CT molecular complexity index is 1720. The van der Waals surface area contributed by atoms with Crippen LogP contribution in [0.25, 0.3) is 0 Å². The molecule has 0 aromatic heterocycles. The predicted molar refractivity (Wildman–Crippen MR) is 438 cm³/mol. The van der Waals surface area contributed by atoms with Gasteiger partial charge in [0.05, 0.1) is 5.41 Å². The molecular formula is C91H197F3. The third kappa shape index (κ3) is 87.9. The molecule has 2 aliphatic carbocycles. The molecule has 582 valence electrons. The Morgan fingerprint density at radius 3 is 0.649 bits per heavy atom. The van der Waals surface area contributed by atoms with E-state index in [-0.39, 0.29) is 17.3 Å². The van der Waals surface area contributed by atoms with Gasteiger partial charge in [-0.3, -0.25) is 0 Å². The molecule has 2 rings (SSSR count). The monoisotopic (exact) mass is 1350 g/mol. The third-order valence-electron chi connectivity index (χ3n) is 18.1. The molecule has 0 aromatic carbocycles. The van der Waals surface area contributed by atoms with Gasteiger partial charge in [-0.1, -0.05) is 424 Å². The fraction of sp³-hybridized carbons (Fsp3) is 1.00. The summed E-state index contributed by atoms with van der Waals surface area (Å²) in [5.74, 6) is 6.37. The van der Waals surface area contributed by atoms with E-state index < -0.39 is 30.2 Å². The topological polar surface area (TPSA) is 0 Å². The maximum atomic E-state index is 12.4. The number of hydrogen-bond donors (Lipinski definition) is 0. The molecule has 2 aliphatic rings. The van der Waals surface area contributed by atoms with Gasteiger partial charge in [0.15, 0.2) is 0 Å². The minimum atomic E-state index is -4.10. The summed E-state index contributed by atoms with van der Waals surface area (Å²) in [4.78, 5) is 0. The first kappa shape index (κ1) is 100. The highest BCUT2D eigenvalue weighted by Crippen LogP contribution is 2.46. The molecule has 0 nitrogen and oxygen atoms in total. The van der Waals surface area contributed by atoms with Crippen molar-refractivity contribution < 1.29 is 20.0 Å². The minimum Gasteiger partial charge on any atom is -0.171 e. The van der Waals surface area contributed by atoms with E-state index in [1.54, 1.807) is 27.7 Å².